The zero-order valence-electron chi connectivity index (χ0n) is 15.8. The number of benzene rings is 2. The van der Waals surface area contributed by atoms with E-state index in [2.05, 4.69) is 20.8 Å². The van der Waals surface area contributed by atoms with Crippen LogP contribution in [0.2, 0.25) is 0 Å². The fraction of sp³-hybridized carbons (Fsp3) is 0.200. The number of carbonyl (C=O) groups is 2. The normalized spacial score (nSPS) is 13.5. The van der Waals surface area contributed by atoms with Crippen LogP contribution in [0.3, 0.4) is 0 Å². The maximum atomic E-state index is 13.2. The third kappa shape index (κ3) is 5.14. The fourth-order valence-corrected chi connectivity index (χ4v) is 4.55. The third-order valence-corrected chi connectivity index (χ3v) is 6.32. The van der Waals surface area contributed by atoms with E-state index in [9.17, 15) is 14.0 Å². The van der Waals surface area contributed by atoms with Crippen LogP contribution in [0.4, 0.5) is 26.6 Å². The number of amides is 2. The number of hydrogen-bond acceptors (Lipinski definition) is 7. The Bertz CT molecular complexity index is 1060. The molecule has 2 heterocycles. The molecule has 2 amide bonds. The summed E-state index contributed by atoms with van der Waals surface area (Å²) in [5, 5.41) is 14.4. The van der Waals surface area contributed by atoms with Gasteiger partial charge < -0.3 is 15.5 Å². The van der Waals surface area contributed by atoms with E-state index in [4.69, 9.17) is 0 Å². The Morgan fingerprint density at radius 3 is 2.73 bits per heavy atom. The summed E-state index contributed by atoms with van der Waals surface area (Å²) in [6.45, 7) is 0.735. The summed E-state index contributed by atoms with van der Waals surface area (Å²) in [4.78, 5) is 25.8. The number of thioether (sulfide) groups is 1. The molecule has 154 valence electrons. The van der Waals surface area contributed by atoms with Crippen LogP contribution < -0.4 is 15.5 Å². The van der Waals surface area contributed by atoms with Gasteiger partial charge in [-0.05, 0) is 48.9 Å². The van der Waals surface area contributed by atoms with E-state index < -0.39 is 0 Å². The molecule has 0 atom stereocenters. The van der Waals surface area contributed by atoms with E-state index in [0.29, 0.717) is 27.3 Å². The standard InChI is InChI=1S/C20H18FN5O2S2/c21-13-3-1-4-15(11-13)23-19-24-25-20(30-19)29-12-17(27)22-14-6-8-16(9-7-14)26-10-2-5-18(26)28/h1,3-4,6-9,11H,2,5,10,12H2,(H,22,27)(H,23,24). The molecule has 1 aliphatic rings. The van der Waals surface area contributed by atoms with Crippen molar-refractivity contribution in [1.29, 1.82) is 0 Å². The van der Waals surface area contributed by atoms with Gasteiger partial charge in [0.15, 0.2) is 4.34 Å². The zero-order valence-corrected chi connectivity index (χ0v) is 17.4. The van der Waals surface area contributed by atoms with Gasteiger partial charge in [0.1, 0.15) is 5.82 Å². The second-order valence-corrected chi connectivity index (χ2v) is 8.74. The molecule has 4 rings (SSSR count). The number of nitrogens with one attached hydrogen (secondary N) is 2. The van der Waals surface area contributed by atoms with Gasteiger partial charge in [0.25, 0.3) is 0 Å². The predicted octanol–water partition coefficient (Wildman–Crippen LogP) is 4.28. The van der Waals surface area contributed by atoms with E-state index in [-0.39, 0.29) is 23.4 Å². The smallest absolute Gasteiger partial charge is 0.234 e. The summed E-state index contributed by atoms with van der Waals surface area (Å²) in [5.41, 5.74) is 2.10. The summed E-state index contributed by atoms with van der Waals surface area (Å²) in [6.07, 6.45) is 1.46. The lowest BCUT2D eigenvalue weighted by molar-refractivity contribution is -0.117. The van der Waals surface area contributed by atoms with Gasteiger partial charge in [-0.1, -0.05) is 29.2 Å². The molecule has 0 radical (unpaired) electrons. The largest absolute Gasteiger partial charge is 0.330 e. The van der Waals surface area contributed by atoms with Crippen LogP contribution in [0.5, 0.6) is 0 Å². The highest BCUT2D eigenvalue weighted by molar-refractivity contribution is 8.01. The predicted molar refractivity (Wildman–Crippen MR) is 117 cm³/mol. The minimum absolute atomic E-state index is 0.131. The van der Waals surface area contributed by atoms with Crippen molar-refractivity contribution >= 4 is 57.1 Å². The highest BCUT2D eigenvalue weighted by Crippen LogP contribution is 2.28. The molecule has 0 aliphatic carbocycles. The van der Waals surface area contributed by atoms with Crippen molar-refractivity contribution in [3.05, 3.63) is 54.3 Å². The molecule has 0 spiro atoms. The van der Waals surface area contributed by atoms with Crippen LogP contribution in [0, 0.1) is 5.82 Å². The van der Waals surface area contributed by atoms with Gasteiger partial charge >= 0.3 is 0 Å². The molecule has 10 heteroatoms. The van der Waals surface area contributed by atoms with E-state index >= 15 is 0 Å². The van der Waals surface area contributed by atoms with Crippen LogP contribution in [0.25, 0.3) is 0 Å². The van der Waals surface area contributed by atoms with Gasteiger partial charge in [-0.3, -0.25) is 9.59 Å². The molecular weight excluding hydrogens is 425 g/mol. The summed E-state index contributed by atoms with van der Waals surface area (Å²) < 4.78 is 13.9. The number of rotatable bonds is 7. The van der Waals surface area contributed by atoms with Gasteiger partial charge in [-0.15, -0.1) is 10.2 Å². The highest BCUT2D eigenvalue weighted by atomic mass is 32.2. The van der Waals surface area contributed by atoms with Gasteiger partial charge in [-0.25, -0.2) is 4.39 Å². The Labute approximate surface area is 180 Å². The average molecular weight is 444 g/mol. The minimum atomic E-state index is -0.337. The molecular formula is C20H18FN5O2S2. The van der Waals surface area contributed by atoms with Gasteiger partial charge in [0, 0.05) is 30.0 Å². The number of halogens is 1. The van der Waals surface area contributed by atoms with Crippen LogP contribution in [0.15, 0.2) is 52.9 Å². The number of aromatic nitrogens is 2. The Kier molecular flexibility index (Phi) is 6.24. The quantitative estimate of drug-likeness (QED) is 0.530. The molecule has 7 nitrogen and oxygen atoms in total. The topological polar surface area (TPSA) is 87.2 Å². The Morgan fingerprint density at radius 1 is 1.17 bits per heavy atom. The van der Waals surface area contributed by atoms with Gasteiger partial charge in [-0.2, -0.15) is 0 Å². The molecule has 0 saturated carbocycles. The second kappa shape index (κ2) is 9.23. The van der Waals surface area contributed by atoms with Crippen LogP contribution in [-0.4, -0.2) is 34.3 Å². The summed E-state index contributed by atoms with van der Waals surface area (Å²) in [5.74, 6) is -0.191. The number of hydrogen-bond donors (Lipinski definition) is 2. The molecule has 1 saturated heterocycles. The molecule has 3 aromatic rings. The number of carbonyl (C=O) groups excluding carboxylic acids is 2. The lowest BCUT2D eigenvalue weighted by Crippen LogP contribution is -2.23. The molecule has 1 fully saturated rings. The monoisotopic (exact) mass is 443 g/mol. The van der Waals surface area contributed by atoms with Crippen molar-refractivity contribution in [3.63, 3.8) is 0 Å². The van der Waals surface area contributed by atoms with Crippen LogP contribution in [-0.2, 0) is 9.59 Å². The summed E-state index contributed by atoms with van der Waals surface area (Å²) >= 11 is 2.56. The lowest BCUT2D eigenvalue weighted by Gasteiger charge is -2.16. The van der Waals surface area contributed by atoms with Crippen molar-refractivity contribution < 1.29 is 14.0 Å². The van der Waals surface area contributed by atoms with E-state index in [1.54, 1.807) is 29.2 Å². The van der Waals surface area contributed by atoms with E-state index in [0.717, 1.165) is 18.7 Å². The Hall–Kier alpha value is -2.98. The number of anilines is 4. The Morgan fingerprint density at radius 2 is 2.00 bits per heavy atom. The van der Waals surface area contributed by atoms with Gasteiger partial charge in [0.2, 0.25) is 16.9 Å². The number of nitrogens with zero attached hydrogens (tertiary/aromatic N) is 3. The maximum Gasteiger partial charge on any atom is 0.234 e. The van der Waals surface area contributed by atoms with Crippen molar-refractivity contribution in [1.82, 2.24) is 10.2 Å². The van der Waals surface area contributed by atoms with E-state index in [1.807, 2.05) is 12.1 Å². The van der Waals surface area contributed by atoms with E-state index in [1.165, 1.54) is 35.2 Å². The molecule has 0 unspecified atom stereocenters. The first-order chi connectivity index (χ1) is 14.6. The zero-order chi connectivity index (χ0) is 20.9. The molecule has 2 aromatic carbocycles. The van der Waals surface area contributed by atoms with Crippen molar-refractivity contribution in [2.45, 2.75) is 17.2 Å². The second-order valence-electron chi connectivity index (χ2n) is 6.54. The van der Waals surface area contributed by atoms with Crippen LogP contribution in [0.1, 0.15) is 12.8 Å². The molecule has 2 N–H and O–H groups in total. The summed E-state index contributed by atoms with van der Waals surface area (Å²) in [6, 6.07) is 13.3. The van der Waals surface area contributed by atoms with Crippen molar-refractivity contribution in [3.8, 4) is 0 Å². The summed E-state index contributed by atoms with van der Waals surface area (Å²) in [7, 11) is 0. The Balaban J connectivity index is 1.27. The lowest BCUT2D eigenvalue weighted by atomic mass is 10.2. The molecule has 1 aromatic heterocycles. The average Bonchev–Trinajstić information content (AvgIpc) is 3.36. The first-order valence-electron chi connectivity index (χ1n) is 9.26. The minimum Gasteiger partial charge on any atom is -0.330 e. The van der Waals surface area contributed by atoms with Crippen molar-refractivity contribution in [2.24, 2.45) is 0 Å². The third-order valence-electron chi connectivity index (χ3n) is 4.35. The maximum absolute atomic E-state index is 13.2. The molecule has 0 bridgehead atoms. The van der Waals surface area contributed by atoms with Crippen molar-refractivity contribution in [2.75, 3.05) is 27.8 Å². The fourth-order valence-electron chi connectivity index (χ4n) is 2.98. The highest BCUT2D eigenvalue weighted by Gasteiger charge is 2.21. The first-order valence-corrected chi connectivity index (χ1v) is 11.1. The first kappa shape index (κ1) is 20.3. The molecule has 1 aliphatic heterocycles. The molecule has 30 heavy (non-hydrogen) atoms. The SMILES string of the molecule is O=C(CSc1nnc(Nc2cccc(F)c2)s1)Nc1ccc(N2CCCC2=O)cc1. The van der Waals surface area contributed by atoms with Gasteiger partial charge in [0.05, 0.1) is 5.75 Å². The van der Waals surface area contributed by atoms with Crippen LogP contribution >= 0.6 is 23.1 Å².